The molecule has 2 heterocycles. The van der Waals surface area contributed by atoms with Crippen molar-refractivity contribution in [2.45, 2.75) is 6.42 Å². The molecule has 178 valence electrons. The van der Waals surface area contributed by atoms with Gasteiger partial charge in [-0.25, -0.2) is 4.79 Å². The molecule has 2 aliphatic rings. The number of hydrogen-bond acceptors (Lipinski definition) is 4. The van der Waals surface area contributed by atoms with Gasteiger partial charge in [0.05, 0.1) is 23.5 Å². The van der Waals surface area contributed by atoms with Crippen LogP contribution in [-0.2, 0) is 11.2 Å². The third kappa shape index (κ3) is 3.57. The largest absolute Gasteiger partial charge is 0.462 e. The predicted molar refractivity (Wildman–Crippen MR) is 146 cm³/mol. The topological polar surface area (TPSA) is 38.8 Å². The predicted octanol–water partition coefficient (Wildman–Crippen LogP) is 8.31. The van der Waals surface area contributed by atoms with Crippen LogP contribution in [0.4, 0.5) is 17.1 Å². The molecule has 7 rings (SSSR count). The maximum atomic E-state index is 12.4. The summed E-state index contributed by atoms with van der Waals surface area (Å²) in [5.41, 5.74) is 8.84. The lowest BCUT2D eigenvalue weighted by atomic mass is 9.96. The molecule has 0 aliphatic carbocycles. The molecule has 0 unspecified atom stereocenters. The normalized spacial score (nSPS) is 13.6. The standard InChI is InChI=1S/C33H23NO3/c35-33-24-18-17-23(21-22(24)19-20-36-33)34-29-13-5-1-9-25(29)27-11-3-7-15-31(27)37-32-16-8-4-12-28(32)26-10-2-6-14-30(26)34/h1-18,21H,19-20H2. The fraction of sp³-hybridized carbons (Fsp3) is 0.0606. The molecule has 5 aromatic carbocycles. The summed E-state index contributed by atoms with van der Waals surface area (Å²) in [5, 5.41) is 0. The molecule has 0 saturated carbocycles. The van der Waals surface area contributed by atoms with Crippen molar-refractivity contribution in [3.05, 3.63) is 126 Å². The molecule has 0 saturated heterocycles. The monoisotopic (exact) mass is 481 g/mol. The number of carbonyl (C=O) groups is 1. The number of rotatable bonds is 1. The Kier molecular flexibility index (Phi) is 5.03. The molecule has 0 spiro atoms. The zero-order valence-corrected chi connectivity index (χ0v) is 20.1. The van der Waals surface area contributed by atoms with E-state index in [-0.39, 0.29) is 5.97 Å². The van der Waals surface area contributed by atoms with Crippen LogP contribution in [0.25, 0.3) is 22.3 Å². The first-order chi connectivity index (χ1) is 18.3. The van der Waals surface area contributed by atoms with Crippen LogP contribution in [-0.4, -0.2) is 12.6 Å². The van der Waals surface area contributed by atoms with Crippen LogP contribution in [0, 0.1) is 0 Å². The Morgan fingerprint density at radius 3 is 1.73 bits per heavy atom. The summed E-state index contributed by atoms with van der Waals surface area (Å²) in [4.78, 5) is 14.7. The molecule has 5 aromatic rings. The maximum absolute atomic E-state index is 12.4. The van der Waals surface area contributed by atoms with Gasteiger partial charge in [-0.1, -0.05) is 72.8 Å². The Morgan fingerprint density at radius 1 is 0.568 bits per heavy atom. The van der Waals surface area contributed by atoms with Gasteiger partial charge >= 0.3 is 5.97 Å². The molecule has 2 aliphatic heterocycles. The van der Waals surface area contributed by atoms with E-state index in [2.05, 4.69) is 71.6 Å². The van der Waals surface area contributed by atoms with E-state index < -0.39 is 0 Å². The van der Waals surface area contributed by atoms with E-state index >= 15 is 0 Å². The summed E-state index contributed by atoms with van der Waals surface area (Å²) in [7, 11) is 0. The van der Waals surface area contributed by atoms with Crippen molar-refractivity contribution >= 4 is 23.0 Å². The van der Waals surface area contributed by atoms with Crippen LogP contribution < -0.4 is 9.64 Å². The van der Waals surface area contributed by atoms with Gasteiger partial charge in [-0.05, 0) is 48.0 Å². The number of cyclic esters (lactones) is 1. The third-order valence-corrected chi connectivity index (χ3v) is 7.04. The van der Waals surface area contributed by atoms with Gasteiger partial charge in [0.25, 0.3) is 0 Å². The number of nitrogens with zero attached hydrogens (tertiary/aromatic N) is 1. The zero-order chi connectivity index (χ0) is 24.8. The van der Waals surface area contributed by atoms with E-state index in [1.807, 2.05) is 48.5 Å². The average molecular weight is 482 g/mol. The Morgan fingerprint density at radius 2 is 1.11 bits per heavy atom. The summed E-state index contributed by atoms with van der Waals surface area (Å²) >= 11 is 0. The second kappa shape index (κ2) is 8.68. The highest BCUT2D eigenvalue weighted by molar-refractivity contribution is 5.97. The van der Waals surface area contributed by atoms with Crippen molar-refractivity contribution in [1.82, 2.24) is 0 Å². The number of fused-ring (bicyclic) bond motifs is 7. The second-order valence-electron chi connectivity index (χ2n) is 9.19. The molecule has 0 radical (unpaired) electrons. The van der Waals surface area contributed by atoms with E-state index in [4.69, 9.17) is 9.47 Å². The molecule has 0 aromatic heterocycles. The van der Waals surface area contributed by atoms with Gasteiger partial charge in [0.2, 0.25) is 0 Å². The summed E-state index contributed by atoms with van der Waals surface area (Å²) < 4.78 is 11.9. The van der Waals surface area contributed by atoms with Crippen LogP contribution in [0.3, 0.4) is 0 Å². The highest BCUT2D eigenvalue weighted by Gasteiger charge is 2.26. The highest BCUT2D eigenvalue weighted by Crippen LogP contribution is 2.50. The quantitative estimate of drug-likeness (QED) is 0.221. The Bertz CT molecular complexity index is 1580. The zero-order valence-electron chi connectivity index (χ0n) is 20.1. The van der Waals surface area contributed by atoms with Crippen molar-refractivity contribution in [1.29, 1.82) is 0 Å². The molecule has 0 atom stereocenters. The van der Waals surface area contributed by atoms with Crippen LogP contribution in [0.15, 0.2) is 115 Å². The number of carbonyl (C=O) groups excluding carboxylic acids is 1. The van der Waals surface area contributed by atoms with Crippen molar-refractivity contribution in [3.63, 3.8) is 0 Å². The number of anilines is 3. The van der Waals surface area contributed by atoms with Crippen molar-refractivity contribution in [3.8, 4) is 33.8 Å². The van der Waals surface area contributed by atoms with Crippen LogP contribution in [0.1, 0.15) is 15.9 Å². The minimum absolute atomic E-state index is 0.255. The van der Waals surface area contributed by atoms with Crippen molar-refractivity contribution in [2.24, 2.45) is 0 Å². The van der Waals surface area contributed by atoms with Gasteiger partial charge in [0.15, 0.2) is 0 Å². The molecule has 4 nitrogen and oxygen atoms in total. The summed E-state index contributed by atoms with van der Waals surface area (Å²) in [6.07, 6.45) is 0.700. The van der Waals surface area contributed by atoms with Crippen LogP contribution in [0.2, 0.25) is 0 Å². The third-order valence-electron chi connectivity index (χ3n) is 7.04. The fourth-order valence-electron chi connectivity index (χ4n) is 5.33. The first-order valence-corrected chi connectivity index (χ1v) is 12.4. The van der Waals surface area contributed by atoms with Gasteiger partial charge in [0, 0.05) is 34.4 Å². The number of para-hydroxylation sites is 4. The first kappa shape index (κ1) is 21.5. The summed E-state index contributed by atoms with van der Waals surface area (Å²) in [5.74, 6) is 1.35. The molecule has 0 bridgehead atoms. The van der Waals surface area contributed by atoms with Crippen molar-refractivity contribution < 1.29 is 14.3 Å². The van der Waals surface area contributed by atoms with E-state index in [0.717, 1.165) is 56.4 Å². The lowest BCUT2D eigenvalue weighted by Crippen LogP contribution is -2.19. The fourth-order valence-corrected chi connectivity index (χ4v) is 5.33. The molecule has 0 N–H and O–H groups in total. The Hall–Kier alpha value is -4.83. The molecular weight excluding hydrogens is 458 g/mol. The molecule has 0 fully saturated rings. The van der Waals surface area contributed by atoms with Gasteiger partial charge in [-0.15, -0.1) is 0 Å². The van der Waals surface area contributed by atoms with Gasteiger partial charge in [-0.3, -0.25) is 0 Å². The molecular formula is C33H23NO3. The minimum atomic E-state index is -0.255. The van der Waals surface area contributed by atoms with Gasteiger partial charge < -0.3 is 14.4 Å². The molecule has 37 heavy (non-hydrogen) atoms. The number of benzene rings is 5. The number of ether oxygens (including phenoxy) is 2. The average Bonchev–Trinajstić information content (AvgIpc) is 2.95. The van der Waals surface area contributed by atoms with Gasteiger partial charge in [-0.2, -0.15) is 0 Å². The first-order valence-electron chi connectivity index (χ1n) is 12.4. The summed E-state index contributed by atoms with van der Waals surface area (Å²) in [6, 6.07) is 39.2. The highest BCUT2D eigenvalue weighted by atomic mass is 16.5. The SMILES string of the molecule is O=C1OCCc2cc(N3c4ccccc4-c4ccccc4Oc4ccccc4-c4ccccc43)ccc21. The van der Waals surface area contributed by atoms with Gasteiger partial charge in [0.1, 0.15) is 11.5 Å². The van der Waals surface area contributed by atoms with Crippen LogP contribution in [0.5, 0.6) is 11.5 Å². The van der Waals surface area contributed by atoms with E-state index in [9.17, 15) is 4.79 Å². The minimum Gasteiger partial charge on any atom is -0.462 e. The second-order valence-corrected chi connectivity index (χ2v) is 9.19. The lowest BCUT2D eigenvalue weighted by Gasteiger charge is -2.32. The Labute approximate surface area is 215 Å². The summed E-state index contributed by atoms with van der Waals surface area (Å²) in [6.45, 7) is 0.403. The van der Waals surface area contributed by atoms with Crippen LogP contribution >= 0.6 is 0 Å². The number of hydrogen-bond donors (Lipinski definition) is 0. The Balaban J connectivity index is 1.57. The molecule has 0 amide bonds. The van der Waals surface area contributed by atoms with E-state index in [0.29, 0.717) is 18.6 Å². The number of esters is 1. The van der Waals surface area contributed by atoms with E-state index in [1.165, 1.54) is 0 Å². The molecule has 4 heteroatoms. The maximum Gasteiger partial charge on any atom is 0.338 e. The van der Waals surface area contributed by atoms with E-state index in [1.54, 1.807) is 0 Å². The van der Waals surface area contributed by atoms with Crippen molar-refractivity contribution in [2.75, 3.05) is 11.5 Å². The lowest BCUT2D eigenvalue weighted by molar-refractivity contribution is 0.0480. The smallest absolute Gasteiger partial charge is 0.338 e.